The van der Waals surface area contributed by atoms with Crippen LogP contribution in [-0.2, 0) is 65.4 Å². The second-order valence-corrected chi connectivity index (χ2v) is 27.2. The number of carbonyl (C=O) groups is 4. The molecule has 0 bridgehead atoms. The van der Waals surface area contributed by atoms with E-state index in [-0.39, 0.29) is 25.7 Å². The Morgan fingerprint density at radius 2 is 0.541 bits per heavy atom. The van der Waals surface area contributed by atoms with E-state index in [0.717, 1.165) is 102 Å². The number of esters is 4. The fraction of sp³-hybridized carbons (Fsp3) is 0.939. The van der Waals surface area contributed by atoms with E-state index < -0.39 is 97.5 Å². The van der Waals surface area contributed by atoms with Crippen molar-refractivity contribution in [3.63, 3.8) is 0 Å². The summed E-state index contributed by atoms with van der Waals surface area (Å²) in [4.78, 5) is 72.0. The van der Waals surface area contributed by atoms with Gasteiger partial charge in [0.25, 0.3) is 0 Å². The van der Waals surface area contributed by atoms with E-state index in [0.29, 0.717) is 25.7 Å². The predicted molar refractivity (Wildman–Crippen MR) is 340 cm³/mol. The van der Waals surface area contributed by atoms with Gasteiger partial charge in [0.1, 0.15) is 19.3 Å². The van der Waals surface area contributed by atoms with Crippen LogP contribution >= 0.6 is 15.6 Å². The molecule has 0 saturated carbocycles. The number of hydrogen-bond acceptors (Lipinski definition) is 15. The van der Waals surface area contributed by atoms with Gasteiger partial charge >= 0.3 is 39.5 Å². The fourth-order valence-electron chi connectivity index (χ4n) is 9.94. The standard InChI is InChI=1S/C66H128O17P2/c1-6-9-12-15-17-19-20-21-22-25-28-32-35-40-45-50-64(69)77-56-62(83-66(71)52-47-42-37-33-29-26-23-24-27-31-34-39-43-48-59(4)5)58-81-85(74,75)79-54-60(67)53-78-84(72,73)80-57-61(55-76-63(68)49-44-38-14-11-8-3)82-65(70)51-46-41-36-30-18-16-13-10-7-2/h59-62,67H,6-58H2,1-5H3,(H,72,73)(H,74,75)/t60-,61+,62+/m0/s1. The van der Waals surface area contributed by atoms with Crippen LogP contribution in [0.1, 0.15) is 336 Å². The Labute approximate surface area is 517 Å². The quantitative estimate of drug-likeness (QED) is 0.0222. The number of carbonyl (C=O) groups excluding carboxylic acids is 4. The summed E-state index contributed by atoms with van der Waals surface area (Å²) in [6.07, 6.45) is 44.8. The molecular formula is C66H128O17P2. The van der Waals surface area contributed by atoms with Gasteiger partial charge in [-0.25, -0.2) is 9.13 Å². The third kappa shape index (κ3) is 60.7. The van der Waals surface area contributed by atoms with Gasteiger partial charge in [-0.05, 0) is 31.6 Å². The van der Waals surface area contributed by atoms with Crippen LogP contribution in [0, 0.1) is 5.92 Å². The predicted octanol–water partition coefficient (Wildman–Crippen LogP) is 18.6. The maximum Gasteiger partial charge on any atom is 0.472 e. The summed E-state index contributed by atoms with van der Waals surface area (Å²) in [6, 6.07) is 0. The van der Waals surface area contributed by atoms with E-state index in [4.69, 9.17) is 37.0 Å². The van der Waals surface area contributed by atoms with Gasteiger partial charge in [-0.15, -0.1) is 0 Å². The van der Waals surface area contributed by atoms with Crippen molar-refractivity contribution in [1.82, 2.24) is 0 Å². The van der Waals surface area contributed by atoms with E-state index in [9.17, 15) is 43.2 Å². The molecule has 0 radical (unpaired) electrons. The van der Waals surface area contributed by atoms with Gasteiger partial charge < -0.3 is 33.8 Å². The lowest BCUT2D eigenvalue weighted by atomic mass is 10.0. The summed E-state index contributed by atoms with van der Waals surface area (Å²) in [7, 11) is -9.88. The van der Waals surface area contributed by atoms with Crippen molar-refractivity contribution in [2.75, 3.05) is 39.6 Å². The summed E-state index contributed by atoms with van der Waals surface area (Å²) < 4.78 is 67.9. The van der Waals surface area contributed by atoms with Gasteiger partial charge in [0.05, 0.1) is 26.4 Å². The molecule has 2 unspecified atom stereocenters. The van der Waals surface area contributed by atoms with Crippen LogP contribution in [0.15, 0.2) is 0 Å². The zero-order chi connectivity index (χ0) is 62.8. The second kappa shape index (κ2) is 59.7. The molecule has 3 N–H and O–H groups in total. The Bertz CT molecular complexity index is 1650. The van der Waals surface area contributed by atoms with Crippen LogP contribution in [0.5, 0.6) is 0 Å². The number of aliphatic hydroxyl groups is 1. The molecule has 85 heavy (non-hydrogen) atoms. The lowest BCUT2D eigenvalue weighted by Gasteiger charge is -2.21. The Balaban J connectivity index is 5.15. The Hall–Kier alpha value is -1.94. The highest BCUT2D eigenvalue weighted by Crippen LogP contribution is 2.45. The molecule has 17 nitrogen and oxygen atoms in total. The zero-order valence-corrected chi connectivity index (χ0v) is 56.5. The summed E-state index contributed by atoms with van der Waals surface area (Å²) in [5.74, 6) is -1.35. The molecule has 0 spiro atoms. The smallest absolute Gasteiger partial charge is 0.462 e. The molecule has 0 amide bonds. The normalized spacial score (nSPS) is 14.2. The van der Waals surface area contributed by atoms with E-state index >= 15 is 0 Å². The summed E-state index contributed by atoms with van der Waals surface area (Å²) in [5, 5.41) is 10.5. The molecular weight excluding hydrogens is 1130 g/mol. The Morgan fingerprint density at radius 1 is 0.318 bits per heavy atom. The molecule has 0 saturated heterocycles. The van der Waals surface area contributed by atoms with Crippen LogP contribution in [0.2, 0.25) is 0 Å². The Kier molecular flexibility index (Phi) is 58.3. The van der Waals surface area contributed by atoms with Crippen molar-refractivity contribution in [2.24, 2.45) is 5.92 Å². The molecule has 0 aromatic carbocycles. The Morgan fingerprint density at radius 3 is 0.800 bits per heavy atom. The first kappa shape index (κ1) is 83.1. The molecule has 0 fully saturated rings. The minimum Gasteiger partial charge on any atom is -0.462 e. The first-order valence-electron chi connectivity index (χ1n) is 34.6. The van der Waals surface area contributed by atoms with Crippen molar-refractivity contribution in [1.29, 1.82) is 0 Å². The maximum atomic E-state index is 13.0. The summed E-state index contributed by atoms with van der Waals surface area (Å²) >= 11 is 0. The van der Waals surface area contributed by atoms with E-state index in [1.807, 2.05) is 0 Å². The number of rotatable bonds is 66. The third-order valence-corrected chi connectivity index (χ3v) is 17.2. The van der Waals surface area contributed by atoms with E-state index in [2.05, 4.69) is 34.6 Å². The monoisotopic (exact) mass is 1250 g/mol. The van der Waals surface area contributed by atoms with Crippen molar-refractivity contribution in [3.8, 4) is 0 Å². The highest BCUT2D eigenvalue weighted by Gasteiger charge is 2.30. The van der Waals surface area contributed by atoms with Crippen LogP contribution in [0.3, 0.4) is 0 Å². The highest BCUT2D eigenvalue weighted by atomic mass is 31.2. The van der Waals surface area contributed by atoms with Crippen LogP contribution in [0.4, 0.5) is 0 Å². The van der Waals surface area contributed by atoms with E-state index in [1.54, 1.807) is 0 Å². The topological polar surface area (TPSA) is 237 Å². The number of hydrogen-bond donors (Lipinski definition) is 3. The third-order valence-electron chi connectivity index (χ3n) is 15.3. The lowest BCUT2D eigenvalue weighted by molar-refractivity contribution is -0.161. The fourth-order valence-corrected chi connectivity index (χ4v) is 11.5. The average molecular weight is 1260 g/mol. The van der Waals surface area contributed by atoms with E-state index in [1.165, 1.54) is 154 Å². The lowest BCUT2D eigenvalue weighted by Crippen LogP contribution is -2.30. The molecule has 0 aliphatic rings. The van der Waals surface area contributed by atoms with Gasteiger partial charge in [0.2, 0.25) is 0 Å². The summed E-state index contributed by atoms with van der Waals surface area (Å²) in [6.45, 7) is 7.13. The molecule has 504 valence electrons. The zero-order valence-electron chi connectivity index (χ0n) is 54.7. The minimum atomic E-state index is -4.95. The molecule has 0 aliphatic heterocycles. The molecule has 0 rings (SSSR count). The van der Waals surface area contributed by atoms with Crippen LogP contribution in [-0.4, -0.2) is 96.7 Å². The number of phosphoric ester groups is 2. The van der Waals surface area contributed by atoms with Gasteiger partial charge in [-0.2, -0.15) is 0 Å². The minimum absolute atomic E-state index is 0.105. The van der Waals surface area contributed by atoms with Gasteiger partial charge in [-0.3, -0.25) is 37.3 Å². The molecule has 0 aromatic heterocycles. The van der Waals surface area contributed by atoms with Gasteiger partial charge in [-0.1, -0.05) is 285 Å². The molecule has 19 heteroatoms. The SMILES string of the molecule is CCCCCCCCCCCCCCCCCC(=O)OC[C@H](COP(=O)(O)OC[C@@H](O)COP(=O)(O)OC[C@@H](COC(=O)CCCCCCC)OC(=O)CCCCCCCCCCC)OC(=O)CCCCCCCCCCCCCCCC(C)C. The first-order chi connectivity index (χ1) is 41.0. The van der Waals surface area contributed by atoms with Crippen LogP contribution < -0.4 is 0 Å². The number of aliphatic hydroxyl groups excluding tert-OH is 1. The maximum absolute atomic E-state index is 13.0. The summed E-state index contributed by atoms with van der Waals surface area (Å²) in [5.41, 5.74) is 0. The first-order valence-corrected chi connectivity index (χ1v) is 37.6. The van der Waals surface area contributed by atoms with Gasteiger partial charge in [0.15, 0.2) is 12.2 Å². The molecule has 0 aliphatic carbocycles. The average Bonchev–Trinajstić information content (AvgIpc) is 3.51. The molecule has 0 aromatic rings. The number of ether oxygens (including phenoxy) is 4. The molecule has 0 heterocycles. The second-order valence-electron chi connectivity index (χ2n) is 24.3. The number of unbranched alkanes of at least 4 members (excludes halogenated alkanes) is 38. The number of phosphoric acid groups is 2. The van der Waals surface area contributed by atoms with Crippen LogP contribution in [0.25, 0.3) is 0 Å². The molecule has 5 atom stereocenters. The van der Waals surface area contributed by atoms with Crippen molar-refractivity contribution < 1.29 is 80.2 Å². The largest absolute Gasteiger partial charge is 0.472 e. The van der Waals surface area contributed by atoms with Crippen molar-refractivity contribution in [3.05, 3.63) is 0 Å². The van der Waals surface area contributed by atoms with Crippen molar-refractivity contribution >= 4 is 39.5 Å². The van der Waals surface area contributed by atoms with Gasteiger partial charge in [0, 0.05) is 25.7 Å². The highest BCUT2D eigenvalue weighted by molar-refractivity contribution is 7.47. The van der Waals surface area contributed by atoms with Crippen molar-refractivity contribution in [2.45, 2.75) is 355 Å².